The summed E-state index contributed by atoms with van der Waals surface area (Å²) in [6, 6.07) is 4.01. The molecule has 0 radical (unpaired) electrons. The number of aliphatic carboxylic acids is 1. The highest BCUT2D eigenvalue weighted by Crippen LogP contribution is 2.22. The summed E-state index contributed by atoms with van der Waals surface area (Å²) in [5.41, 5.74) is 2.86. The van der Waals surface area contributed by atoms with E-state index in [1.54, 1.807) is 20.9 Å². The number of carboxylic acids is 1. The molecule has 0 heterocycles. The van der Waals surface area contributed by atoms with Gasteiger partial charge in [0.2, 0.25) is 5.91 Å². The summed E-state index contributed by atoms with van der Waals surface area (Å²) in [7, 11) is 1.63. The molecule has 0 saturated carbocycles. The first-order valence-electron chi connectivity index (χ1n) is 6.88. The number of anilines is 1. The normalized spacial score (nSPS) is 11.6. The number of hydrogen-bond donors (Lipinski definition) is 2. The second-order valence-corrected chi connectivity index (χ2v) is 6.04. The highest BCUT2D eigenvalue weighted by atomic mass is 16.4. The van der Waals surface area contributed by atoms with Crippen LogP contribution in [0.5, 0.6) is 0 Å². The standard InChI is InChI=1S/C16H24N2O3/c1-10-7-11(2)14(12(3)8-10)17-13(19)9-18(6)16(4,5)15(20)21/h7-8H,9H2,1-6H3,(H,17,19)(H,20,21). The fraction of sp³-hybridized carbons (Fsp3) is 0.500. The summed E-state index contributed by atoms with van der Waals surface area (Å²) in [5.74, 6) is -1.18. The number of carbonyl (C=O) groups is 2. The second-order valence-electron chi connectivity index (χ2n) is 6.04. The highest BCUT2D eigenvalue weighted by molar-refractivity contribution is 5.94. The molecule has 21 heavy (non-hydrogen) atoms. The van der Waals surface area contributed by atoms with Gasteiger partial charge in [-0.05, 0) is 52.8 Å². The number of benzene rings is 1. The zero-order valence-corrected chi connectivity index (χ0v) is 13.6. The number of carboxylic acid groups (broad SMARTS) is 1. The minimum absolute atomic E-state index is 0.0199. The van der Waals surface area contributed by atoms with Crippen LogP contribution in [0.15, 0.2) is 12.1 Å². The Hall–Kier alpha value is -1.88. The van der Waals surface area contributed by atoms with Crippen LogP contribution in [0.1, 0.15) is 30.5 Å². The Bertz CT molecular complexity index is 542. The van der Waals surface area contributed by atoms with Crippen LogP contribution >= 0.6 is 0 Å². The van der Waals surface area contributed by atoms with Gasteiger partial charge in [0.15, 0.2) is 0 Å². The summed E-state index contributed by atoms with van der Waals surface area (Å²) in [4.78, 5) is 24.8. The molecule has 1 rings (SSSR count). The van der Waals surface area contributed by atoms with Gasteiger partial charge in [-0.3, -0.25) is 14.5 Å². The number of aryl methyl sites for hydroxylation is 3. The molecule has 0 bridgehead atoms. The van der Waals surface area contributed by atoms with Gasteiger partial charge in [-0.25, -0.2) is 0 Å². The van der Waals surface area contributed by atoms with E-state index in [4.69, 9.17) is 5.11 Å². The Morgan fingerprint density at radius 2 is 1.67 bits per heavy atom. The van der Waals surface area contributed by atoms with Gasteiger partial charge in [-0.1, -0.05) is 17.7 Å². The zero-order chi connectivity index (χ0) is 16.4. The molecule has 1 amide bonds. The number of carbonyl (C=O) groups excluding carboxylic acids is 1. The number of rotatable bonds is 5. The van der Waals surface area contributed by atoms with E-state index in [2.05, 4.69) is 5.32 Å². The third-order valence-corrected chi connectivity index (χ3v) is 3.80. The largest absolute Gasteiger partial charge is 0.480 e. The summed E-state index contributed by atoms with van der Waals surface area (Å²) >= 11 is 0. The van der Waals surface area contributed by atoms with Crippen molar-refractivity contribution < 1.29 is 14.7 Å². The fourth-order valence-corrected chi connectivity index (χ4v) is 2.13. The van der Waals surface area contributed by atoms with Crippen molar-refractivity contribution in [3.63, 3.8) is 0 Å². The first-order valence-corrected chi connectivity index (χ1v) is 6.88. The van der Waals surface area contributed by atoms with Crippen LogP contribution in [0.25, 0.3) is 0 Å². The predicted octanol–water partition coefficient (Wildman–Crippen LogP) is 2.35. The van der Waals surface area contributed by atoms with E-state index in [0.717, 1.165) is 22.4 Å². The number of likely N-dealkylation sites (N-methyl/N-ethyl adjacent to an activating group) is 1. The van der Waals surface area contributed by atoms with Gasteiger partial charge in [-0.2, -0.15) is 0 Å². The van der Waals surface area contributed by atoms with Crippen molar-refractivity contribution in [2.45, 2.75) is 40.2 Å². The number of hydrogen-bond acceptors (Lipinski definition) is 3. The summed E-state index contributed by atoms with van der Waals surface area (Å²) in [6.45, 7) is 9.07. The molecular weight excluding hydrogens is 268 g/mol. The van der Waals surface area contributed by atoms with Gasteiger partial charge in [0.05, 0.1) is 6.54 Å². The number of amides is 1. The van der Waals surface area contributed by atoms with Crippen molar-refractivity contribution in [3.05, 3.63) is 28.8 Å². The minimum atomic E-state index is -1.09. The van der Waals surface area contributed by atoms with Gasteiger partial charge in [0.25, 0.3) is 0 Å². The lowest BCUT2D eigenvalue weighted by atomic mass is 10.0. The quantitative estimate of drug-likeness (QED) is 0.874. The lowest BCUT2D eigenvalue weighted by molar-refractivity contribution is -0.148. The maximum Gasteiger partial charge on any atom is 0.323 e. The van der Waals surface area contributed by atoms with E-state index in [0.29, 0.717) is 0 Å². The van der Waals surface area contributed by atoms with Crippen LogP contribution in [-0.2, 0) is 9.59 Å². The monoisotopic (exact) mass is 292 g/mol. The molecule has 0 atom stereocenters. The van der Waals surface area contributed by atoms with Crippen molar-refractivity contribution in [2.75, 3.05) is 18.9 Å². The average Bonchev–Trinajstić information content (AvgIpc) is 2.33. The van der Waals surface area contributed by atoms with Crippen molar-refractivity contribution in [2.24, 2.45) is 0 Å². The van der Waals surface area contributed by atoms with E-state index < -0.39 is 11.5 Å². The molecule has 5 nitrogen and oxygen atoms in total. The van der Waals surface area contributed by atoms with Crippen LogP contribution in [0, 0.1) is 20.8 Å². The molecule has 0 aliphatic rings. The molecule has 0 unspecified atom stereocenters. The third-order valence-electron chi connectivity index (χ3n) is 3.80. The van der Waals surface area contributed by atoms with E-state index in [9.17, 15) is 9.59 Å². The minimum Gasteiger partial charge on any atom is -0.480 e. The van der Waals surface area contributed by atoms with Gasteiger partial charge in [0.1, 0.15) is 5.54 Å². The molecule has 0 aliphatic carbocycles. The molecule has 116 valence electrons. The Kier molecular flexibility index (Phi) is 5.12. The summed E-state index contributed by atoms with van der Waals surface area (Å²) in [6.07, 6.45) is 0. The molecule has 0 spiro atoms. The van der Waals surface area contributed by atoms with Crippen molar-refractivity contribution in [1.82, 2.24) is 4.90 Å². The smallest absolute Gasteiger partial charge is 0.323 e. The predicted molar refractivity (Wildman–Crippen MR) is 83.6 cm³/mol. The molecule has 5 heteroatoms. The van der Waals surface area contributed by atoms with Gasteiger partial charge in [0, 0.05) is 5.69 Å². The number of nitrogens with one attached hydrogen (secondary N) is 1. The number of nitrogens with zero attached hydrogens (tertiary/aromatic N) is 1. The molecule has 0 saturated heterocycles. The van der Waals surface area contributed by atoms with Crippen molar-refractivity contribution in [1.29, 1.82) is 0 Å². The first kappa shape index (κ1) is 17.2. The van der Waals surface area contributed by atoms with Crippen molar-refractivity contribution in [3.8, 4) is 0 Å². The van der Waals surface area contributed by atoms with Crippen molar-refractivity contribution >= 4 is 17.6 Å². The topological polar surface area (TPSA) is 69.6 Å². The Balaban J connectivity index is 2.82. The molecule has 1 aromatic rings. The van der Waals surface area contributed by atoms with Gasteiger partial charge >= 0.3 is 5.97 Å². The Morgan fingerprint density at radius 1 is 1.19 bits per heavy atom. The van der Waals surface area contributed by atoms with Gasteiger partial charge < -0.3 is 10.4 Å². The SMILES string of the molecule is Cc1cc(C)c(NC(=O)CN(C)C(C)(C)C(=O)O)c(C)c1. The second kappa shape index (κ2) is 6.26. The first-order chi connectivity index (χ1) is 9.55. The van der Waals surface area contributed by atoms with E-state index >= 15 is 0 Å². The lowest BCUT2D eigenvalue weighted by Crippen LogP contribution is -2.50. The van der Waals surface area contributed by atoms with Crippen LogP contribution in [-0.4, -0.2) is 41.0 Å². The average molecular weight is 292 g/mol. The van der Waals surface area contributed by atoms with Crippen LogP contribution in [0.3, 0.4) is 0 Å². The van der Waals surface area contributed by atoms with E-state index in [-0.39, 0.29) is 12.5 Å². The lowest BCUT2D eigenvalue weighted by Gasteiger charge is -2.30. The molecular formula is C16H24N2O3. The van der Waals surface area contributed by atoms with E-state index in [1.807, 2.05) is 32.9 Å². The Labute approximate surface area is 126 Å². The van der Waals surface area contributed by atoms with Crippen LogP contribution in [0.2, 0.25) is 0 Å². The molecule has 0 fully saturated rings. The summed E-state index contributed by atoms with van der Waals surface area (Å²) < 4.78 is 0. The zero-order valence-electron chi connectivity index (χ0n) is 13.6. The summed E-state index contributed by atoms with van der Waals surface area (Å²) in [5, 5.41) is 12.0. The molecule has 0 aliphatic heterocycles. The molecule has 1 aromatic carbocycles. The van der Waals surface area contributed by atoms with Crippen LogP contribution in [0.4, 0.5) is 5.69 Å². The fourth-order valence-electron chi connectivity index (χ4n) is 2.13. The molecule has 0 aromatic heterocycles. The van der Waals surface area contributed by atoms with Crippen LogP contribution < -0.4 is 5.32 Å². The maximum absolute atomic E-state index is 12.1. The maximum atomic E-state index is 12.1. The highest BCUT2D eigenvalue weighted by Gasteiger charge is 2.33. The molecule has 2 N–H and O–H groups in total. The van der Waals surface area contributed by atoms with E-state index in [1.165, 1.54) is 4.90 Å². The Morgan fingerprint density at radius 3 is 2.10 bits per heavy atom. The van der Waals surface area contributed by atoms with Gasteiger partial charge in [-0.15, -0.1) is 0 Å². The third kappa shape index (κ3) is 4.04.